The molecule has 0 aliphatic carbocycles. The van der Waals surface area contributed by atoms with E-state index in [1.54, 1.807) is 0 Å². The molecule has 1 rings (SSSR count). The molecule has 13 heavy (non-hydrogen) atoms. The summed E-state index contributed by atoms with van der Waals surface area (Å²) in [5.74, 6) is 0.200. The summed E-state index contributed by atoms with van der Waals surface area (Å²) >= 11 is 0. The van der Waals surface area contributed by atoms with Gasteiger partial charge in [-0.05, 0) is 19.4 Å². The molecular formula is C9H18N2O2. The highest BCUT2D eigenvalue weighted by Gasteiger charge is 2.22. The van der Waals surface area contributed by atoms with Crippen LogP contribution in [0.5, 0.6) is 0 Å². The minimum absolute atomic E-state index is 0.0733. The summed E-state index contributed by atoms with van der Waals surface area (Å²) in [7, 11) is 0. The van der Waals surface area contributed by atoms with Crippen LogP contribution in [0, 0.1) is 5.92 Å². The summed E-state index contributed by atoms with van der Waals surface area (Å²) in [6.07, 6.45) is 1.78. The number of nitrogens with one attached hydrogen (secondary N) is 1. The normalized spacial score (nSPS) is 19.2. The highest BCUT2D eigenvalue weighted by molar-refractivity contribution is 5.78. The fourth-order valence-corrected chi connectivity index (χ4v) is 1.22. The lowest BCUT2D eigenvalue weighted by atomic mass is 10.0. The number of hydrogen-bond donors (Lipinski definition) is 2. The number of nitrogens with two attached hydrogens (primary N) is 1. The van der Waals surface area contributed by atoms with Crippen LogP contribution >= 0.6 is 0 Å². The second kappa shape index (κ2) is 5.19. The van der Waals surface area contributed by atoms with E-state index in [1.807, 2.05) is 6.92 Å². The number of hydrogen-bond acceptors (Lipinski definition) is 3. The van der Waals surface area contributed by atoms with E-state index in [4.69, 9.17) is 10.5 Å². The van der Waals surface area contributed by atoms with Crippen LogP contribution in [0.25, 0.3) is 0 Å². The van der Waals surface area contributed by atoms with Gasteiger partial charge in [0.15, 0.2) is 0 Å². The minimum atomic E-state index is 0.0733. The van der Waals surface area contributed by atoms with Crippen molar-refractivity contribution in [2.75, 3.05) is 19.8 Å². The van der Waals surface area contributed by atoms with Gasteiger partial charge < -0.3 is 15.8 Å². The predicted octanol–water partition coefficient (Wildman–Crippen LogP) is -0.124. The third-order valence-corrected chi connectivity index (χ3v) is 2.27. The fraction of sp³-hybridized carbons (Fsp3) is 0.889. The SMILES string of the molecule is CC(CCCN)C(=O)NC1COC1. The van der Waals surface area contributed by atoms with Crippen LogP contribution in [-0.2, 0) is 9.53 Å². The van der Waals surface area contributed by atoms with Crippen molar-refractivity contribution in [3.63, 3.8) is 0 Å². The zero-order valence-corrected chi connectivity index (χ0v) is 8.08. The molecular weight excluding hydrogens is 168 g/mol. The van der Waals surface area contributed by atoms with Crippen LogP contribution in [-0.4, -0.2) is 31.7 Å². The van der Waals surface area contributed by atoms with E-state index in [2.05, 4.69) is 5.32 Å². The van der Waals surface area contributed by atoms with Gasteiger partial charge in [0, 0.05) is 5.92 Å². The first-order valence-corrected chi connectivity index (χ1v) is 4.82. The van der Waals surface area contributed by atoms with E-state index in [1.165, 1.54) is 0 Å². The standard InChI is InChI=1S/C9H18N2O2/c1-7(3-2-4-10)9(12)11-8-5-13-6-8/h7-8H,2-6,10H2,1H3,(H,11,12). The van der Waals surface area contributed by atoms with Gasteiger partial charge in [0.2, 0.25) is 5.91 Å². The van der Waals surface area contributed by atoms with Crippen LogP contribution in [0.3, 0.4) is 0 Å². The lowest BCUT2D eigenvalue weighted by Gasteiger charge is -2.28. The van der Waals surface area contributed by atoms with Crippen molar-refractivity contribution in [2.24, 2.45) is 11.7 Å². The maximum absolute atomic E-state index is 11.4. The third kappa shape index (κ3) is 3.32. The lowest BCUT2D eigenvalue weighted by Crippen LogP contribution is -2.50. The van der Waals surface area contributed by atoms with E-state index in [9.17, 15) is 4.79 Å². The lowest BCUT2D eigenvalue weighted by molar-refractivity contribution is -0.128. The molecule has 1 aliphatic rings. The molecule has 76 valence electrons. The van der Waals surface area contributed by atoms with Gasteiger partial charge in [0.1, 0.15) is 0 Å². The first kappa shape index (κ1) is 10.5. The average molecular weight is 186 g/mol. The van der Waals surface area contributed by atoms with Crippen LogP contribution in [0.1, 0.15) is 19.8 Å². The molecule has 0 saturated carbocycles. The van der Waals surface area contributed by atoms with Crippen molar-refractivity contribution in [3.05, 3.63) is 0 Å². The Hall–Kier alpha value is -0.610. The largest absolute Gasteiger partial charge is 0.377 e. The first-order valence-electron chi connectivity index (χ1n) is 4.82. The molecule has 1 unspecified atom stereocenters. The minimum Gasteiger partial charge on any atom is -0.377 e. The molecule has 0 bridgehead atoms. The first-order chi connectivity index (χ1) is 6.24. The zero-order valence-electron chi connectivity index (χ0n) is 8.08. The van der Waals surface area contributed by atoms with Gasteiger partial charge in [-0.25, -0.2) is 0 Å². The molecule has 0 aromatic heterocycles. The Kier molecular flexibility index (Phi) is 4.18. The monoisotopic (exact) mass is 186 g/mol. The quantitative estimate of drug-likeness (QED) is 0.629. The van der Waals surface area contributed by atoms with Crippen molar-refractivity contribution in [1.82, 2.24) is 5.32 Å². The number of carbonyl (C=O) groups is 1. The van der Waals surface area contributed by atoms with Gasteiger partial charge in [-0.3, -0.25) is 4.79 Å². The molecule has 1 heterocycles. The van der Waals surface area contributed by atoms with Crippen molar-refractivity contribution in [2.45, 2.75) is 25.8 Å². The van der Waals surface area contributed by atoms with Gasteiger partial charge in [0.25, 0.3) is 0 Å². The van der Waals surface area contributed by atoms with E-state index in [-0.39, 0.29) is 17.9 Å². The van der Waals surface area contributed by atoms with Crippen LogP contribution < -0.4 is 11.1 Å². The Morgan fingerprint density at radius 2 is 2.38 bits per heavy atom. The van der Waals surface area contributed by atoms with Gasteiger partial charge in [-0.2, -0.15) is 0 Å². The molecule has 1 saturated heterocycles. The molecule has 0 radical (unpaired) electrons. The fourth-order valence-electron chi connectivity index (χ4n) is 1.22. The van der Waals surface area contributed by atoms with Crippen molar-refractivity contribution >= 4 is 5.91 Å². The Morgan fingerprint density at radius 3 is 2.85 bits per heavy atom. The summed E-state index contributed by atoms with van der Waals surface area (Å²) < 4.78 is 4.96. The molecule has 1 aliphatic heterocycles. The smallest absolute Gasteiger partial charge is 0.223 e. The summed E-state index contributed by atoms with van der Waals surface area (Å²) in [6, 6.07) is 0.243. The van der Waals surface area contributed by atoms with Gasteiger partial charge >= 0.3 is 0 Å². The zero-order chi connectivity index (χ0) is 9.68. The van der Waals surface area contributed by atoms with E-state index in [0.29, 0.717) is 19.8 Å². The summed E-state index contributed by atoms with van der Waals surface area (Å²) in [4.78, 5) is 11.4. The predicted molar refractivity (Wildman–Crippen MR) is 50.2 cm³/mol. The Balaban J connectivity index is 2.13. The highest BCUT2D eigenvalue weighted by Crippen LogP contribution is 2.07. The Labute approximate surface area is 78.8 Å². The molecule has 1 amide bonds. The van der Waals surface area contributed by atoms with Crippen molar-refractivity contribution in [1.29, 1.82) is 0 Å². The molecule has 0 aromatic carbocycles. The van der Waals surface area contributed by atoms with Gasteiger partial charge in [0.05, 0.1) is 19.3 Å². The van der Waals surface area contributed by atoms with Crippen LogP contribution in [0.15, 0.2) is 0 Å². The summed E-state index contributed by atoms with van der Waals surface area (Å²) in [5.41, 5.74) is 5.36. The van der Waals surface area contributed by atoms with E-state index < -0.39 is 0 Å². The second-order valence-corrected chi connectivity index (χ2v) is 3.57. The molecule has 3 N–H and O–H groups in total. The Bertz CT molecular complexity index is 169. The average Bonchev–Trinajstić information content (AvgIpc) is 2.06. The van der Waals surface area contributed by atoms with Crippen LogP contribution in [0.2, 0.25) is 0 Å². The van der Waals surface area contributed by atoms with Crippen molar-refractivity contribution < 1.29 is 9.53 Å². The molecule has 1 fully saturated rings. The molecule has 0 aromatic rings. The summed E-state index contributed by atoms with van der Waals surface area (Å²) in [5, 5.41) is 2.92. The molecule has 4 heteroatoms. The molecule has 4 nitrogen and oxygen atoms in total. The molecule has 1 atom stereocenters. The maximum Gasteiger partial charge on any atom is 0.223 e. The molecule has 0 spiro atoms. The van der Waals surface area contributed by atoms with Gasteiger partial charge in [-0.15, -0.1) is 0 Å². The van der Waals surface area contributed by atoms with Crippen LogP contribution in [0.4, 0.5) is 0 Å². The highest BCUT2D eigenvalue weighted by atomic mass is 16.5. The Morgan fingerprint density at radius 1 is 1.69 bits per heavy atom. The van der Waals surface area contributed by atoms with E-state index in [0.717, 1.165) is 12.8 Å². The van der Waals surface area contributed by atoms with E-state index >= 15 is 0 Å². The number of carbonyl (C=O) groups excluding carboxylic acids is 1. The second-order valence-electron chi connectivity index (χ2n) is 3.57. The summed E-state index contributed by atoms with van der Waals surface area (Å²) in [6.45, 7) is 3.92. The maximum atomic E-state index is 11.4. The number of rotatable bonds is 5. The van der Waals surface area contributed by atoms with Gasteiger partial charge in [-0.1, -0.05) is 6.92 Å². The topological polar surface area (TPSA) is 64.4 Å². The van der Waals surface area contributed by atoms with Crippen molar-refractivity contribution in [3.8, 4) is 0 Å². The number of ether oxygens (including phenoxy) is 1. The third-order valence-electron chi connectivity index (χ3n) is 2.27. The number of amides is 1.